The smallest absolute Gasteiger partial charge is 0.163 e. The first-order valence-corrected chi connectivity index (χ1v) is 7.85. The predicted molar refractivity (Wildman–Crippen MR) is 92.4 cm³/mol. The molecule has 1 atom stereocenters. The van der Waals surface area contributed by atoms with Gasteiger partial charge in [-0.25, -0.2) is 0 Å². The van der Waals surface area contributed by atoms with Gasteiger partial charge >= 0.3 is 0 Å². The Morgan fingerprint density at radius 1 is 0.864 bits per heavy atom. The lowest BCUT2D eigenvalue weighted by Gasteiger charge is -2.14. The van der Waals surface area contributed by atoms with Crippen LogP contribution in [-0.4, -0.2) is 5.78 Å². The second-order valence-electron chi connectivity index (χ2n) is 5.71. The van der Waals surface area contributed by atoms with Crippen molar-refractivity contribution in [2.24, 2.45) is 0 Å². The maximum Gasteiger partial charge on any atom is 0.163 e. The summed E-state index contributed by atoms with van der Waals surface area (Å²) in [6, 6.07) is 24.5. The first-order valence-electron chi connectivity index (χ1n) is 7.85. The molecule has 0 bridgehead atoms. The molecule has 22 heavy (non-hydrogen) atoms. The Balaban J connectivity index is 1.83. The molecule has 0 aliphatic rings. The maximum atomic E-state index is 12.6. The fourth-order valence-corrected chi connectivity index (χ4v) is 2.93. The molecule has 0 aromatic heterocycles. The number of Topliss-reactive ketones (excluding diaryl/α,β-unsaturated/α-hetero) is 1. The topological polar surface area (TPSA) is 17.1 Å². The largest absolute Gasteiger partial charge is 0.294 e. The van der Waals surface area contributed by atoms with Crippen LogP contribution in [-0.2, 0) is 0 Å². The van der Waals surface area contributed by atoms with Gasteiger partial charge in [0.1, 0.15) is 0 Å². The molecule has 0 aliphatic heterocycles. The number of ketones is 1. The summed E-state index contributed by atoms with van der Waals surface area (Å²) in [6.07, 6.45) is 1.54. The van der Waals surface area contributed by atoms with Crippen LogP contribution in [0.1, 0.15) is 41.6 Å². The van der Waals surface area contributed by atoms with Gasteiger partial charge in [0.25, 0.3) is 0 Å². The molecule has 0 heterocycles. The van der Waals surface area contributed by atoms with Gasteiger partial charge in [0, 0.05) is 12.0 Å². The van der Waals surface area contributed by atoms with Crippen LogP contribution in [0.4, 0.5) is 0 Å². The van der Waals surface area contributed by atoms with E-state index in [-0.39, 0.29) is 5.78 Å². The molecular weight excluding hydrogens is 268 g/mol. The highest BCUT2D eigenvalue weighted by atomic mass is 16.1. The summed E-state index contributed by atoms with van der Waals surface area (Å²) in [6.45, 7) is 2.14. The van der Waals surface area contributed by atoms with Crippen molar-refractivity contribution in [3.63, 3.8) is 0 Å². The van der Waals surface area contributed by atoms with Crippen LogP contribution in [0.5, 0.6) is 0 Å². The molecule has 0 fully saturated rings. The Bertz CT molecular complexity index is 774. The van der Waals surface area contributed by atoms with E-state index in [4.69, 9.17) is 0 Å². The number of hydrogen-bond donors (Lipinski definition) is 0. The highest BCUT2D eigenvalue weighted by Gasteiger charge is 2.15. The van der Waals surface area contributed by atoms with E-state index in [0.29, 0.717) is 12.3 Å². The normalized spacial score (nSPS) is 12.2. The van der Waals surface area contributed by atoms with E-state index in [0.717, 1.165) is 17.4 Å². The molecule has 0 saturated heterocycles. The molecule has 0 aliphatic carbocycles. The third kappa shape index (κ3) is 3.09. The number of benzene rings is 3. The van der Waals surface area contributed by atoms with E-state index in [1.54, 1.807) is 0 Å². The third-order valence-corrected chi connectivity index (χ3v) is 4.27. The van der Waals surface area contributed by atoms with Crippen LogP contribution >= 0.6 is 0 Å². The Kier molecular flexibility index (Phi) is 4.34. The van der Waals surface area contributed by atoms with Crippen LogP contribution in [0.15, 0.2) is 72.8 Å². The van der Waals surface area contributed by atoms with Crippen molar-refractivity contribution in [1.29, 1.82) is 0 Å². The van der Waals surface area contributed by atoms with Gasteiger partial charge in [0.15, 0.2) is 5.78 Å². The summed E-state index contributed by atoms with van der Waals surface area (Å²) in [5, 5.41) is 2.30. The molecule has 110 valence electrons. The van der Waals surface area contributed by atoms with Crippen molar-refractivity contribution >= 4 is 16.6 Å². The second kappa shape index (κ2) is 6.57. The van der Waals surface area contributed by atoms with E-state index >= 15 is 0 Å². The zero-order valence-corrected chi connectivity index (χ0v) is 12.8. The molecule has 1 heteroatoms. The fraction of sp³-hybridized carbons (Fsp3) is 0.190. The number of fused-ring (bicyclic) bond motifs is 1. The first kappa shape index (κ1) is 14.5. The van der Waals surface area contributed by atoms with Gasteiger partial charge in [-0.15, -0.1) is 0 Å². The molecule has 0 spiro atoms. The monoisotopic (exact) mass is 288 g/mol. The number of hydrogen-bond acceptors (Lipinski definition) is 1. The summed E-state index contributed by atoms with van der Waals surface area (Å²) < 4.78 is 0. The lowest BCUT2D eigenvalue weighted by Crippen LogP contribution is -2.07. The van der Waals surface area contributed by atoms with Crippen LogP contribution in [0.3, 0.4) is 0 Å². The maximum absolute atomic E-state index is 12.6. The highest BCUT2D eigenvalue weighted by molar-refractivity contribution is 6.00. The van der Waals surface area contributed by atoms with Crippen LogP contribution in [0.2, 0.25) is 0 Å². The van der Waals surface area contributed by atoms with Crippen LogP contribution in [0.25, 0.3) is 10.8 Å². The van der Waals surface area contributed by atoms with Gasteiger partial charge < -0.3 is 0 Å². The quantitative estimate of drug-likeness (QED) is 0.558. The van der Waals surface area contributed by atoms with Crippen molar-refractivity contribution in [2.75, 3.05) is 0 Å². The minimum atomic E-state index is 0.224. The summed E-state index contributed by atoms with van der Waals surface area (Å²) >= 11 is 0. The number of carbonyl (C=O) groups excluding carboxylic acids is 1. The Labute approximate surface area is 131 Å². The fourth-order valence-electron chi connectivity index (χ4n) is 2.93. The van der Waals surface area contributed by atoms with Crippen molar-refractivity contribution in [1.82, 2.24) is 0 Å². The molecule has 0 radical (unpaired) electrons. The van der Waals surface area contributed by atoms with E-state index < -0.39 is 0 Å². The Morgan fingerprint density at radius 2 is 1.55 bits per heavy atom. The molecule has 0 saturated carbocycles. The minimum Gasteiger partial charge on any atom is -0.294 e. The summed E-state index contributed by atoms with van der Waals surface area (Å²) in [4.78, 5) is 12.6. The second-order valence-corrected chi connectivity index (χ2v) is 5.71. The highest BCUT2D eigenvalue weighted by Crippen LogP contribution is 2.26. The first-order chi connectivity index (χ1) is 10.8. The van der Waals surface area contributed by atoms with Crippen molar-refractivity contribution < 1.29 is 4.79 Å². The van der Waals surface area contributed by atoms with E-state index in [2.05, 4.69) is 31.2 Å². The van der Waals surface area contributed by atoms with E-state index in [9.17, 15) is 4.79 Å². The Hall–Kier alpha value is -2.41. The van der Waals surface area contributed by atoms with E-state index in [1.807, 2.05) is 48.5 Å². The minimum absolute atomic E-state index is 0.224. The lowest BCUT2D eigenvalue weighted by atomic mass is 9.89. The van der Waals surface area contributed by atoms with Gasteiger partial charge in [-0.3, -0.25) is 4.79 Å². The summed E-state index contributed by atoms with van der Waals surface area (Å²) in [5.41, 5.74) is 2.06. The zero-order valence-electron chi connectivity index (χ0n) is 12.8. The Morgan fingerprint density at radius 3 is 2.27 bits per heavy atom. The predicted octanol–water partition coefficient (Wildman–Crippen LogP) is 5.61. The molecular formula is C21H20O. The zero-order chi connectivity index (χ0) is 15.4. The SMILES string of the molecule is CC[C@@H](CC(=O)c1ccc2ccccc2c1)c1ccccc1. The molecule has 0 unspecified atom stereocenters. The number of carbonyl (C=O) groups is 1. The molecule has 0 amide bonds. The number of rotatable bonds is 5. The summed E-state index contributed by atoms with van der Waals surface area (Å²) in [7, 11) is 0. The van der Waals surface area contributed by atoms with Crippen LogP contribution in [0, 0.1) is 0 Å². The van der Waals surface area contributed by atoms with Gasteiger partial charge in [-0.05, 0) is 34.7 Å². The average molecular weight is 288 g/mol. The van der Waals surface area contributed by atoms with Crippen molar-refractivity contribution in [3.8, 4) is 0 Å². The summed E-state index contributed by atoms with van der Waals surface area (Å²) in [5.74, 6) is 0.515. The molecule has 3 rings (SSSR count). The van der Waals surface area contributed by atoms with Gasteiger partial charge in [0.05, 0.1) is 0 Å². The van der Waals surface area contributed by atoms with E-state index in [1.165, 1.54) is 10.9 Å². The third-order valence-electron chi connectivity index (χ3n) is 4.27. The average Bonchev–Trinajstić information content (AvgIpc) is 2.59. The molecule has 1 nitrogen and oxygen atoms in total. The lowest BCUT2D eigenvalue weighted by molar-refractivity contribution is 0.0973. The van der Waals surface area contributed by atoms with Crippen LogP contribution < -0.4 is 0 Å². The molecule has 3 aromatic carbocycles. The van der Waals surface area contributed by atoms with Gasteiger partial charge in [0.2, 0.25) is 0 Å². The standard InChI is InChI=1S/C21H20O/c1-2-16(17-8-4-3-5-9-17)15-21(22)20-13-12-18-10-6-7-11-19(18)14-20/h3-14,16H,2,15H2,1H3/t16-/m0/s1. The van der Waals surface area contributed by atoms with Gasteiger partial charge in [-0.2, -0.15) is 0 Å². The molecule has 3 aromatic rings. The molecule has 0 N–H and O–H groups in total. The van der Waals surface area contributed by atoms with Crippen molar-refractivity contribution in [3.05, 3.63) is 83.9 Å². The van der Waals surface area contributed by atoms with Crippen molar-refractivity contribution in [2.45, 2.75) is 25.7 Å². The van der Waals surface area contributed by atoms with Gasteiger partial charge in [-0.1, -0.05) is 73.7 Å².